The molecule has 0 radical (unpaired) electrons. The Morgan fingerprint density at radius 2 is 1.67 bits per heavy atom. The van der Waals surface area contributed by atoms with Gasteiger partial charge < -0.3 is 10.1 Å². The van der Waals surface area contributed by atoms with Gasteiger partial charge in [0.1, 0.15) is 0 Å². The Morgan fingerprint density at radius 1 is 1.05 bits per heavy atom. The molecule has 2 unspecified atom stereocenters. The first-order chi connectivity index (χ1) is 9.89. The van der Waals surface area contributed by atoms with E-state index in [9.17, 15) is 0 Å². The van der Waals surface area contributed by atoms with E-state index in [0.29, 0.717) is 11.5 Å². The molecule has 0 spiro atoms. The monoisotopic (exact) mass is 297 g/mol. The van der Waals surface area contributed by atoms with Gasteiger partial charge in [0.2, 0.25) is 0 Å². The minimum atomic E-state index is 0.0717. The summed E-state index contributed by atoms with van der Waals surface area (Å²) < 4.78 is 6.39. The maximum absolute atomic E-state index is 6.39. The van der Waals surface area contributed by atoms with Gasteiger partial charge in [0.15, 0.2) is 0 Å². The summed E-state index contributed by atoms with van der Waals surface area (Å²) in [5.41, 5.74) is 0.564. The number of hydrogen-bond donors (Lipinski definition) is 1. The Bertz CT molecular complexity index is 277. The second kappa shape index (κ2) is 8.53. The quantitative estimate of drug-likeness (QED) is 0.634. The molecule has 1 N–H and O–H groups in total. The van der Waals surface area contributed by atoms with E-state index in [2.05, 4.69) is 46.9 Å². The molecule has 0 bridgehead atoms. The van der Waals surface area contributed by atoms with Gasteiger partial charge in [0.25, 0.3) is 0 Å². The standard InChI is InChI=1S/C19H39NO/c1-7-10-16(4)15-17(20-8-2)19(21-9-3)13-11-18(5,6)12-14-19/h16-17,20H,7-15H2,1-6H3. The van der Waals surface area contributed by atoms with Crippen LogP contribution in [0.4, 0.5) is 0 Å². The lowest BCUT2D eigenvalue weighted by atomic mass is 9.67. The van der Waals surface area contributed by atoms with Gasteiger partial charge in [-0.05, 0) is 56.9 Å². The average molecular weight is 298 g/mol. The predicted octanol–water partition coefficient (Wildman–Crippen LogP) is 5.17. The molecular weight excluding hydrogens is 258 g/mol. The number of likely N-dealkylation sites (N-methyl/N-ethyl adjacent to an activating group) is 1. The van der Waals surface area contributed by atoms with E-state index >= 15 is 0 Å². The van der Waals surface area contributed by atoms with Crippen LogP contribution in [0.5, 0.6) is 0 Å². The van der Waals surface area contributed by atoms with Gasteiger partial charge >= 0.3 is 0 Å². The Labute approximate surface area is 133 Å². The second-order valence-corrected chi connectivity index (χ2v) is 7.90. The average Bonchev–Trinajstić information content (AvgIpc) is 2.42. The Kier molecular flexibility index (Phi) is 7.70. The van der Waals surface area contributed by atoms with E-state index in [4.69, 9.17) is 4.74 Å². The van der Waals surface area contributed by atoms with Crippen LogP contribution in [0, 0.1) is 11.3 Å². The summed E-state index contributed by atoms with van der Waals surface area (Å²) in [6.07, 6.45) is 8.87. The van der Waals surface area contributed by atoms with E-state index in [-0.39, 0.29) is 5.60 Å². The lowest BCUT2D eigenvalue weighted by Gasteiger charge is -2.48. The van der Waals surface area contributed by atoms with Crippen LogP contribution in [0.2, 0.25) is 0 Å². The fourth-order valence-electron chi connectivity index (χ4n) is 3.97. The van der Waals surface area contributed by atoms with Gasteiger partial charge in [-0.25, -0.2) is 0 Å². The van der Waals surface area contributed by atoms with Crippen molar-refractivity contribution in [2.24, 2.45) is 11.3 Å². The van der Waals surface area contributed by atoms with E-state index < -0.39 is 0 Å². The molecule has 0 aromatic rings. The van der Waals surface area contributed by atoms with Crippen LogP contribution < -0.4 is 5.32 Å². The zero-order chi connectivity index (χ0) is 15.9. The fourth-order valence-corrected chi connectivity index (χ4v) is 3.97. The summed E-state index contributed by atoms with van der Waals surface area (Å²) >= 11 is 0. The summed E-state index contributed by atoms with van der Waals surface area (Å²) in [7, 11) is 0. The first-order valence-electron chi connectivity index (χ1n) is 9.26. The van der Waals surface area contributed by atoms with Gasteiger partial charge in [0.05, 0.1) is 5.60 Å². The Hall–Kier alpha value is -0.0800. The van der Waals surface area contributed by atoms with Crippen LogP contribution in [0.25, 0.3) is 0 Å². The molecule has 0 saturated heterocycles. The van der Waals surface area contributed by atoms with E-state index in [1.807, 2.05) is 0 Å². The third kappa shape index (κ3) is 5.56. The minimum Gasteiger partial charge on any atom is -0.374 e. The molecule has 2 atom stereocenters. The Balaban J connectivity index is 2.82. The predicted molar refractivity (Wildman–Crippen MR) is 92.8 cm³/mol. The molecule has 1 aliphatic carbocycles. The van der Waals surface area contributed by atoms with Gasteiger partial charge in [-0.1, -0.05) is 47.5 Å². The third-order valence-corrected chi connectivity index (χ3v) is 5.39. The van der Waals surface area contributed by atoms with Crippen LogP contribution >= 0.6 is 0 Å². The van der Waals surface area contributed by atoms with Gasteiger partial charge in [-0.15, -0.1) is 0 Å². The second-order valence-electron chi connectivity index (χ2n) is 7.90. The fraction of sp³-hybridized carbons (Fsp3) is 1.00. The van der Waals surface area contributed by atoms with E-state index in [0.717, 1.165) is 19.1 Å². The lowest BCUT2D eigenvalue weighted by molar-refractivity contribution is -0.110. The molecule has 1 fully saturated rings. The van der Waals surface area contributed by atoms with Crippen LogP contribution in [0.15, 0.2) is 0 Å². The highest BCUT2D eigenvalue weighted by Crippen LogP contribution is 2.44. The number of rotatable bonds is 9. The van der Waals surface area contributed by atoms with Crippen LogP contribution in [-0.2, 0) is 4.74 Å². The van der Waals surface area contributed by atoms with Gasteiger partial charge in [0, 0.05) is 12.6 Å². The molecule has 0 aliphatic heterocycles. The smallest absolute Gasteiger partial charge is 0.0835 e. The molecule has 2 heteroatoms. The molecule has 1 rings (SSSR count). The summed E-state index contributed by atoms with van der Waals surface area (Å²) in [6.45, 7) is 15.8. The number of ether oxygens (including phenoxy) is 1. The first-order valence-corrected chi connectivity index (χ1v) is 9.26. The minimum absolute atomic E-state index is 0.0717. The van der Waals surface area contributed by atoms with Crippen molar-refractivity contribution in [3.8, 4) is 0 Å². The lowest BCUT2D eigenvalue weighted by Crippen LogP contribution is -2.55. The SMILES string of the molecule is CCCC(C)CC(NCC)C1(OCC)CCC(C)(C)CC1. The molecule has 2 nitrogen and oxygen atoms in total. The van der Waals surface area contributed by atoms with Crippen molar-refractivity contribution >= 4 is 0 Å². The van der Waals surface area contributed by atoms with Crippen molar-refractivity contribution in [2.75, 3.05) is 13.2 Å². The zero-order valence-corrected chi connectivity index (χ0v) is 15.4. The zero-order valence-electron chi connectivity index (χ0n) is 15.4. The molecule has 0 heterocycles. The third-order valence-electron chi connectivity index (χ3n) is 5.39. The largest absolute Gasteiger partial charge is 0.374 e. The molecule has 1 aliphatic rings. The van der Waals surface area contributed by atoms with Gasteiger partial charge in [-0.3, -0.25) is 0 Å². The molecule has 1 saturated carbocycles. The highest BCUT2D eigenvalue weighted by molar-refractivity contribution is 4.99. The number of nitrogens with one attached hydrogen (secondary N) is 1. The molecule has 21 heavy (non-hydrogen) atoms. The van der Waals surface area contributed by atoms with E-state index in [1.165, 1.54) is 44.9 Å². The highest BCUT2D eigenvalue weighted by atomic mass is 16.5. The molecule has 126 valence electrons. The molecule has 0 aromatic carbocycles. The van der Waals surface area contributed by atoms with Crippen LogP contribution in [0.1, 0.15) is 86.5 Å². The van der Waals surface area contributed by atoms with Crippen molar-refractivity contribution < 1.29 is 4.74 Å². The normalized spacial score (nSPS) is 23.7. The molecular formula is C19H39NO. The van der Waals surface area contributed by atoms with Crippen LogP contribution in [-0.4, -0.2) is 24.8 Å². The first kappa shape index (κ1) is 19.0. The summed E-state index contributed by atoms with van der Waals surface area (Å²) in [6, 6.07) is 0.514. The number of hydrogen-bond acceptors (Lipinski definition) is 2. The maximum Gasteiger partial charge on any atom is 0.0835 e. The van der Waals surface area contributed by atoms with Crippen molar-refractivity contribution in [1.82, 2.24) is 5.32 Å². The highest BCUT2D eigenvalue weighted by Gasteiger charge is 2.44. The molecule has 0 aromatic heterocycles. The van der Waals surface area contributed by atoms with Gasteiger partial charge in [-0.2, -0.15) is 0 Å². The summed E-state index contributed by atoms with van der Waals surface area (Å²) in [4.78, 5) is 0. The summed E-state index contributed by atoms with van der Waals surface area (Å²) in [5.74, 6) is 0.784. The maximum atomic E-state index is 6.39. The molecule has 0 amide bonds. The van der Waals surface area contributed by atoms with E-state index in [1.54, 1.807) is 0 Å². The van der Waals surface area contributed by atoms with Crippen molar-refractivity contribution in [3.05, 3.63) is 0 Å². The topological polar surface area (TPSA) is 21.3 Å². The van der Waals surface area contributed by atoms with Crippen molar-refractivity contribution in [1.29, 1.82) is 0 Å². The Morgan fingerprint density at radius 3 is 2.14 bits per heavy atom. The summed E-state index contributed by atoms with van der Waals surface area (Å²) in [5, 5.41) is 3.77. The van der Waals surface area contributed by atoms with Crippen LogP contribution in [0.3, 0.4) is 0 Å². The van der Waals surface area contributed by atoms with Crippen molar-refractivity contribution in [3.63, 3.8) is 0 Å². The van der Waals surface area contributed by atoms with Crippen molar-refractivity contribution in [2.45, 2.75) is 98.1 Å².